The number of benzene rings is 1. The van der Waals surface area contributed by atoms with E-state index in [1.165, 1.54) is 9.80 Å². The molecule has 3 rings (SSSR count). The average Bonchev–Trinajstić information content (AvgIpc) is 3.42. The van der Waals surface area contributed by atoms with E-state index in [1.807, 2.05) is 13.8 Å². The van der Waals surface area contributed by atoms with Crippen molar-refractivity contribution in [2.24, 2.45) is 16.7 Å². The Bertz CT molecular complexity index is 1480. The van der Waals surface area contributed by atoms with Crippen molar-refractivity contribution in [1.29, 1.82) is 0 Å². The SMILES string of the molecule is CCCC(NC(=O)[C@@H]1CC(C)(C)CN1C(=O)[C@@H](NC(=O)OC(C)C)C1CCC(C)(C)CC1)C(=O)C(=O)NCC(=O)N[C@H](C(=O)N(C)C)c1ccccc1. The normalized spacial score (nSPS) is 19.7. The summed E-state index contributed by atoms with van der Waals surface area (Å²) in [5.41, 5.74) is 0.221. The van der Waals surface area contributed by atoms with Crippen molar-refractivity contribution in [3.63, 3.8) is 0 Å². The molecule has 6 amide bonds. The fourth-order valence-electron chi connectivity index (χ4n) is 7.06. The summed E-state index contributed by atoms with van der Waals surface area (Å²) in [6.07, 6.45) is 3.01. The maximum Gasteiger partial charge on any atom is 0.408 e. The minimum absolute atomic E-state index is 0.118. The van der Waals surface area contributed by atoms with Crippen molar-refractivity contribution in [2.75, 3.05) is 27.2 Å². The first-order valence-corrected chi connectivity index (χ1v) is 18.7. The van der Waals surface area contributed by atoms with Crippen molar-refractivity contribution in [3.05, 3.63) is 35.9 Å². The number of likely N-dealkylation sites (tertiary alicyclic amines) is 1. The first kappa shape index (κ1) is 42.9. The molecule has 2 aliphatic rings. The van der Waals surface area contributed by atoms with Gasteiger partial charge < -0.3 is 35.8 Å². The van der Waals surface area contributed by atoms with E-state index >= 15 is 0 Å². The molecule has 14 heteroatoms. The van der Waals surface area contributed by atoms with Crippen LogP contribution in [0, 0.1) is 16.7 Å². The first-order valence-electron chi connectivity index (χ1n) is 18.7. The minimum Gasteiger partial charge on any atom is -0.447 e. The van der Waals surface area contributed by atoms with E-state index in [1.54, 1.807) is 65.2 Å². The number of Topliss-reactive ketones (excluding diaryl/α,β-unsaturated/α-hetero) is 1. The Labute approximate surface area is 313 Å². The number of hydrogen-bond acceptors (Lipinski definition) is 8. The molecule has 1 unspecified atom stereocenters. The number of amides is 6. The summed E-state index contributed by atoms with van der Waals surface area (Å²) in [5, 5.41) is 10.5. The molecule has 2 fully saturated rings. The summed E-state index contributed by atoms with van der Waals surface area (Å²) < 4.78 is 5.34. The third-order valence-corrected chi connectivity index (χ3v) is 10.0. The van der Waals surface area contributed by atoms with Gasteiger partial charge in [0.25, 0.3) is 5.91 Å². The number of ether oxygens (including phenoxy) is 1. The third kappa shape index (κ3) is 12.3. The Hall–Kier alpha value is -4.49. The standard InChI is InChI=1S/C39H60N6O8/c1-10-14-27(32(47)34(49)40-22-29(46)42-30(35(50)44(8)9)25-15-12-11-13-16-25)41-33(48)28-21-39(6,7)23-45(28)36(51)31(43-37(52)53-24(2)3)26-17-19-38(4,5)20-18-26/h11-13,15-16,24,26-28,30-31H,10,14,17-23H2,1-9H3,(H,40,49)(H,41,48)(H,42,46)(H,43,52)/t27?,28-,30-,31-/m0/s1. The van der Waals surface area contributed by atoms with E-state index in [2.05, 4.69) is 35.1 Å². The Kier molecular flexibility index (Phi) is 15.0. The fourth-order valence-corrected chi connectivity index (χ4v) is 7.06. The van der Waals surface area contributed by atoms with Crippen LogP contribution < -0.4 is 21.3 Å². The number of likely N-dealkylation sites (N-methyl/N-ethyl adjacent to an activating group) is 1. The van der Waals surface area contributed by atoms with Crippen molar-refractivity contribution in [3.8, 4) is 0 Å². The molecule has 1 aliphatic carbocycles. The van der Waals surface area contributed by atoms with Crippen LogP contribution in [0.15, 0.2) is 30.3 Å². The summed E-state index contributed by atoms with van der Waals surface area (Å²) in [6.45, 7) is 13.2. The highest BCUT2D eigenvalue weighted by atomic mass is 16.6. The van der Waals surface area contributed by atoms with E-state index in [9.17, 15) is 33.6 Å². The van der Waals surface area contributed by atoms with Gasteiger partial charge >= 0.3 is 6.09 Å². The smallest absolute Gasteiger partial charge is 0.408 e. The number of nitrogens with one attached hydrogen (secondary N) is 4. The highest BCUT2D eigenvalue weighted by molar-refractivity contribution is 6.38. The van der Waals surface area contributed by atoms with Crippen LogP contribution in [-0.2, 0) is 33.5 Å². The number of rotatable bonds is 15. The van der Waals surface area contributed by atoms with Crippen LogP contribution >= 0.6 is 0 Å². The monoisotopic (exact) mass is 740 g/mol. The first-order chi connectivity index (χ1) is 24.7. The maximum absolute atomic E-state index is 14.4. The van der Waals surface area contributed by atoms with Gasteiger partial charge in [-0.1, -0.05) is 71.4 Å². The molecule has 1 aromatic carbocycles. The lowest BCUT2D eigenvalue weighted by atomic mass is 9.71. The molecule has 1 saturated heterocycles. The highest BCUT2D eigenvalue weighted by Crippen LogP contribution is 2.41. The predicted octanol–water partition coefficient (Wildman–Crippen LogP) is 3.25. The van der Waals surface area contributed by atoms with Crippen LogP contribution in [-0.4, -0.2) is 103 Å². The molecule has 14 nitrogen and oxygen atoms in total. The molecule has 1 heterocycles. The Morgan fingerprint density at radius 1 is 0.906 bits per heavy atom. The molecule has 1 aromatic rings. The zero-order valence-electron chi connectivity index (χ0n) is 32.9. The molecule has 0 bridgehead atoms. The lowest BCUT2D eigenvalue weighted by molar-refractivity contribution is -0.143. The zero-order chi connectivity index (χ0) is 39.7. The second-order valence-electron chi connectivity index (χ2n) is 16.5. The molecule has 1 saturated carbocycles. The fraction of sp³-hybridized carbons (Fsp3) is 0.667. The summed E-state index contributed by atoms with van der Waals surface area (Å²) in [7, 11) is 3.12. The number of nitrogens with zero attached hydrogens (tertiary/aromatic N) is 2. The van der Waals surface area contributed by atoms with Gasteiger partial charge in [0.05, 0.1) is 18.7 Å². The van der Waals surface area contributed by atoms with Gasteiger partial charge in [0, 0.05) is 20.6 Å². The maximum atomic E-state index is 14.4. The molecule has 0 radical (unpaired) electrons. The Balaban J connectivity index is 1.73. The van der Waals surface area contributed by atoms with Gasteiger partial charge in [0.2, 0.25) is 29.4 Å². The third-order valence-electron chi connectivity index (χ3n) is 10.0. The highest BCUT2D eigenvalue weighted by Gasteiger charge is 2.48. The van der Waals surface area contributed by atoms with E-state index < -0.39 is 71.8 Å². The summed E-state index contributed by atoms with van der Waals surface area (Å²) in [5.74, 6) is -4.18. The average molecular weight is 741 g/mol. The van der Waals surface area contributed by atoms with Crippen molar-refractivity contribution < 1.29 is 38.3 Å². The van der Waals surface area contributed by atoms with Gasteiger partial charge in [-0.05, 0) is 74.7 Å². The van der Waals surface area contributed by atoms with Gasteiger partial charge in [-0.15, -0.1) is 0 Å². The summed E-state index contributed by atoms with van der Waals surface area (Å²) >= 11 is 0. The second kappa shape index (κ2) is 18.5. The van der Waals surface area contributed by atoms with Gasteiger partial charge in [-0.3, -0.25) is 28.8 Å². The lowest BCUT2D eigenvalue weighted by Gasteiger charge is -2.39. The molecule has 0 aromatic heterocycles. The molecule has 4 atom stereocenters. The molecular weight excluding hydrogens is 680 g/mol. The summed E-state index contributed by atoms with van der Waals surface area (Å²) in [4.78, 5) is 96.1. The van der Waals surface area contributed by atoms with Crippen LogP contribution in [0.1, 0.15) is 105 Å². The zero-order valence-corrected chi connectivity index (χ0v) is 32.9. The molecule has 4 N–H and O–H groups in total. The number of carbonyl (C=O) groups excluding carboxylic acids is 7. The topological polar surface area (TPSA) is 183 Å². The molecular formula is C39H60N6O8. The number of hydrogen-bond donors (Lipinski definition) is 4. The van der Waals surface area contributed by atoms with Gasteiger partial charge in [-0.2, -0.15) is 0 Å². The van der Waals surface area contributed by atoms with Crippen LogP contribution in [0.4, 0.5) is 4.79 Å². The largest absolute Gasteiger partial charge is 0.447 e. The lowest BCUT2D eigenvalue weighted by Crippen LogP contribution is -2.58. The second-order valence-corrected chi connectivity index (χ2v) is 16.5. The van der Waals surface area contributed by atoms with Crippen molar-refractivity contribution >= 4 is 41.4 Å². The Morgan fingerprint density at radius 2 is 1.53 bits per heavy atom. The molecule has 294 valence electrons. The minimum atomic E-state index is -1.21. The molecule has 0 spiro atoms. The summed E-state index contributed by atoms with van der Waals surface area (Å²) in [6, 6.07) is 4.58. The van der Waals surface area contributed by atoms with E-state index in [4.69, 9.17) is 4.74 Å². The van der Waals surface area contributed by atoms with Gasteiger partial charge in [0.1, 0.15) is 18.1 Å². The van der Waals surface area contributed by atoms with Crippen LogP contribution in [0.2, 0.25) is 0 Å². The number of ketones is 1. The number of carbonyl (C=O) groups is 7. The van der Waals surface area contributed by atoms with E-state index in [0.29, 0.717) is 18.4 Å². The molecule has 1 aliphatic heterocycles. The predicted molar refractivity (Wildman–Crippen MR) is 199 cm³/mol. The van der Waals surface area contributed by atoms with Crippen LogP contribution in [0.3, 0.4) is 0 Å². The number of alkyl carbamates (subject to hydrolysis) is 1. The van der Waals surface area contributed by atoms with Crippen molar-refractivity contribution in [1.82, 2.24) is 31.1 Å². The van der Waals surface area contributed by atoms with Crippen molar-refractivity contribution in [2.45, 2.75) is 124 Å². The Morgan fingerprint density at radius 3 is 2.09 bits per heavy atom. The quantitative estimate of drug-likeness (QED) is 0.198. The molecule has 53 heavy (non-hydrogen) atoms. The van der Waals surface area contributed by atoms with Gasteiger partial charge in [0.15, 0.2) is 0 Å². The van der Waals surface area contributed by atoms with Crippen LogP contribution in [0.5, 0.6) is 0 Å². The van der Waals surface area contributed by atoms with E-state index in [0.717, 1.165) is 25.7 Å². The van der Waals surface area contributed by atoms with Crippen LogP contribution in [0.25, 0.3) is 0 Å². The van der Waals surface area contributed by atoms with Gasteiger partial charge in [-0.25, -0.2) is 4.79 Å². The van der Waals surface area contributed by atoms with E-state index in [-0.39, 0.29) is 36.1 Å².